The third-order valence-electron chi connectivity index (χ3n) is 4.30. The van der Waals surface area contributed by atoms with Crippen molar-refractivity contribution in [1.29, 1.82) is 0 Å². The molecule has 1 saturated carbocycles. The number of aryl methyl sites for hydroxylation is 1. The molecule has 1 amide bonds. The van der Waals surface area contributed by atoms with E-state index >= 15 is 0 Å². The van der Waals surface area contributed by atoms with Crippen LogP contribution >= 0.6 is 0 Å². The van der Waals surface area contributed by atoms with E-state index in [-0.39, 0.29) is 11.3 Å². The van der Waals surface area contributed by atoms with E-state index in [1.807, 2.05) is 19.3 Å². The van der Waals surface area contributed by atoms with Crippen molar-refractivity contribution < 1.29 is 4.79 Å². The largest absolute Gasteiger partial charge is 0.350 e. The second-order valence-electron chi connectivity index (χ2n) is 5.83. The number of nitrogens with two attached hydrogens (primary N) is 1. The van der Waals surface area contributed by atoms with E-state index in [1.54, 1.807) is 4.68 Å². The van der Waals surface area contributed by atoms with Gasteiger partial charge in [-0.2, -0.15) is 5.10 Å². The first-order valence-corrected chi connectivity index (χ1v) is 7.03. The van der Waals surface area contributed by atoms with Crippen LogP contribution in [0, 0.1) is 11.3 Å². The third kappa shape index (κ3) is 3.15. The van der Waals surface area contributed by atoms with Crippen molar-refractivity contribution in [3.05, 3.63) is 18.0 Å². The van der Waals surface area contributed by atoms with Crippen molar-refractivity contribution in [3.63, 3.8) is 0 Å². The van der Waals surface area contributed by atoms with E-state index in [4.69, 9.17) is 5.73 Å². The Balaban J connectivity index is 1.93. The Hall–Kier alpha value is -1.36. The first kappa shape index (κ1) is 14.1. The molecule has 1 aliphatic carbocycles. The Morgan fingerprint density at radius 3 is 2.79 bits per heavy atom. The number of carbonyl (C=O) groups excluding carboxylic acids is 1. The molecule has 0 aromatic carbocycles. The fraction of sp³-hybridized carbons (Fsp3) is 0.714. The molecule has 0 radical (unpaired) electrons. The highest BCUT2D eigenvalue weighted by Gasteiger charge is 2.39. The monoisotopic (exact) mass is 264 g/mol. The molecule has 0 bridgehead atoms. The van der Waals surface area contributed by atoms with Crippen LogP contribution in [0.2, 0.25) is 0 Å². The van der Waals surface area contributed by atoms with Crippen LogP contribution in [0.1, 0.15) is 38.3 Å². The number of carbonyl (C=O) groups is 1. The van der Waals surface area contributed by atoms with Crippen LogP contribution in [0.5, 0.6) is 0 Å². The molecule has 1 aromatic rings. The Morgan fingerprint density at radius 1 is 1.58 bits per heavy atom. The Kier molecular flexibility index (Phi) is 4.24. The van der Waals surface area contributed by atoms with Crippen LogP contribution in [0.3, 0.4) is 0 Å². The summed E-state index contributed by atoms with van der Waals surface area (Å²) in [6.45, 7) is 3.16. The van der Waals surface area contributed by atoms with Gasteiger partial charge in [-0.05, 0) is 37.7 Å². The van der Waals surface area contributed by atoms with Gasteiger partial charge in [0, 0.05) is 19.8 Å². The molecule has 1 aliphatic rings. The Labute approximate surface area is 114 Å². The molecule has 3 N–H and O–H groups in total. The molecule has 1 fully saturated rings. The molecule has 1 heterocycles. The van der Waals surface area contributed by atoms with Crippen molar-refractivity contribution in [2.75, 3.05) is 6.54 Å². The van der Waals surface area contributed by atoms with Crippen LogP contribution in [0.4, 0.5) is 0 Å². The molecule has 106 valence electrons. The smallest absolute Gasteiger partial charge is 0.227 e. The predicted octanol–water partition coefficient (Wildman–Crippen LogP) is 1.19. The number of nitrogens with one attached hydrogen (secondary N) is 1. The summed E-state index contributed by atoms with van der Waals surface area (Å²) in [7, 11) is 1.87. The van der Waals surface area contributed by atoms with Gasteiger partial charge in [0.2, 0.25) is 5.91 Å². The van der Waals surface area contributed by atoms with Crippen LogP contribution in [0.25, 0.3) is 0 Å². The minimum absolute atomic E-state index is 0.0903. The second-order valence-corrected chi connectivity index (χ2v) is 5.83. The Bertz CT molecular complexity index is 432. The molecule has 0 aliphatic heterocycles. The average Bonchev–Trinajstić information content (AvgIpc) is 2.83. The van der Waals surface area contributed by atoms with Gasteiger partial charge in [0.25, 0.3) is 0 Å². The summed E-state index contributed by atoms with van der Waals surface area (Å²) in [4.78, 5) is 12.4. The molecule has 5 nitrogen and oxygen atoms in total. The van der Waals surface area contributed by atoms with Crippen LogP contribution < -0.4 is 11.1 Å². The van der Waals surface area contributed by atoms with Gasteiger partial charge in [-0.3, -0.25) is 9.48 Å². The number of nitrogens with zero attached hydrogens (tertiary/aromatic N) is 2. The lowest BCUT2D eigenvalue weighted by atomic mass is 9.70. The molecule has 19 heavy (non-hydrogen) atoms. The second kappa shape index (κ2) is 5.74. The quantitative estimate of drug-likeness (QED) is 0.858. The van der Waals surface area contributed by atoms with Crippen molar-refractivity contribution >= 4 is 5.91 Å². The first-order valence-electron chi connectivity index (χ1n) is 7.03. The molecule has 2 rings (SSSR count). The summed E-state index contributed by atoms with van der Waals surface area (Å²) in [5, 5.41) is 7.25. The topological polar surface area (TPSA) is 72.9 Å². The van der Waals surface area contributed by atoms with Crippen molar-refractivity contribution in [2.45, 2.75) is 39.2 Å². The van der Waals surface area contributed by atoms with Crippen LogP contribution in [-0.4, -0.2) is 22.2 Å². The van der Waals surface area contributed by atoms with Gasteiger partial charge < -0.3 is 11.1 Å². The van der Waals surface area contributed by atoms with Gasteiger partial charge in [-0.1, -0.05) is 6.92 Å². The average molecular weight is 264 g/mol. The van der Waals surface area contributed by atoms with Crippen LogP contribution in [-0.2, 0) is 18.4 Å². The number of rotatable bonds is 4. The predicted molar refractivity (Wildman–Crippen MR) is 74.2 cm³/mol. The van der Waals surface area contributed by atoms with Gasteiger partial charge in [0.1, 0.15) is 0 Å². The summed E-state index contributed by atoms with van der Waals surface area (Å²) in [6.07, 6.45) is 5.86. The highest BCUT2D eigenvalue weighted by atomic mass is 16.2. The van der Waals surface area contributed by atoms with Crippen molar-refractivity contribution in [1.82, 2.24) is 15.1 Å². The van der Waals surface area contributed by atoms with Crippen LogP contribution in [0.15, 0.2) is 12.3 Å². The van der Waals surface area contributed by atoms with E-state index in [0.29, 0.717) is 19.0 Å². The lowest BCUT2D eigenvalue weighted by molar-refractivity contribution is -0.133. The number of hydrogen-bond acceptors (Lipinski definition) is 3. The maximum Gasteiger partial charge on any atom is 0.227 e. The maximum absolute atomic E-state index is 12.4. The zero-order valence-corrected chi connectivity index (χ0v) is 11.9. The summed E-state index contributed by atoms with van der Waals surface area (Å²) >= 11 is 0. The number of amides is 1. The SMILES string of the molecule is CC1CCC(CN)(C(=O)NCc2ccn(C)n2)CC1. The lowest BCUT2D eigenvalue weighted by Gasteiger charge is -2.37. The van der Waals surface area contributed by atoms with Crippen molar-refractivity contribution in [3.8, 4) is 0 Å². The first-order chi connectivity index (χ1) is 9.05. The molecule has 0 spiro atoms. The van der Waals surface area contributed by atoms with E-state index in [2.05, 4.69) is 17.3 Å². The van der Waals surface area contributed by atoms with E-state index in [0.717, 1.165) is 31.4 Å². The lowest BCUT2D eigenvalue weighted by Crippen LogP contribution is -2.47. The summed E-state index contributed by atoms with van der Waals surface area (Å²) in [5.41, 5.74) is 6.40. The fourth-order valence-corrected chi connectivity index (χ4v) is 2.75. The summed E-state index contributed by atoms with van der Waals surface area (Å²) < 4.78 is 1.74. The van der Waals surface area contributed by atoms with Gasteiger partial charge in [-0.25, -0.2) is 0 Å². The molecule has 5 heteroatoms. The summed E-state index contributed by atoms with van der Waals surface area (Å²) in [5.74, 6) is 0.802. The minimum atomic E-state index is -0.360. The zero-order valence-electron chi connectivity index (χ0n) is 11.9. The van der Waals surface area contributed by atoms with Gasteiger partial charge >= 0.3 is 0 Å². The molecular weight excluding hydrogens is 240 g/mol. The zero-order chi connectivity index (χ0) is 13.9. The normalized spacial score (nSPS) is 27.2. The molecule has 0 unspecified atom stereocenters. The molecule has 0 saturated heterocycles. The van der Waals surface area contributed by atoms with E-state index < -0.39 is 0 Å². The molecule has 0 atom stereocenters. The summed E-state index contributed by atoms with van der Waals surface area (Å²) in [6, 6.07) is 1.92. The number of aromatic nitrogens is 2. The van der Waals surface area contributed by atoms with E-state index in [1.165, 1.54) is 0 Å². The van der Waals surface area contributed by atoms with E-state index in [9.17, 15) is 4.79 Å². The van der Waals surface area contributed by atoms with Gasteiger partial charge in [0.05, 0.1) is 17.7 Å². The van der Waals surface area contributed by atoms with Gasteiger partial charge in [0.15, 0.2) is 0 Å². The highest BCUT2D eigenvalue weighted by Crippen LogP contribution is 2.38. The minimum Gasteiger partial charge on any atom is -0.350 e. The van der Waals surface area contributed by atoms with Gasteiger partial charge in [-0.15, -0.1) is 0 Å². The molecule has 1 aromatic heterocycles. The fourth-order valence-electron chi connectivity index (χ4n) is 2.75. The maximum atomic E-state index is 12.4. The molecular formula is C14H24N4O. The third-order valence-corrected chi connectivity index (χ3v) is 4.30. The standard InChI is InChI=1S/C14H24N4O/c1-11-3-6-14(10-15,7-4-11)13(19)16-9-12-5-8-18(2)17-12/h5,8,11H,3-4,6-7,9-10,15H2,1-2H3,(H,16,19). The number of hydrogen-bond donors (Lipinski definition) is 2. The Morgan fingerprint density at radius 2 is 2.26 bits per heavy atom. The highest BCUT2D eigenvalue weighted by molar-refractivity contribution is 5.82. The van der Waals surface area contributed by atoms with Crippen molar-refractivity contribution in [2.24, 2.45) is 24.1 Å².